The molecule has 0 aliphatic carbocycles. The minimum atomic E-state index is -0.494. The Morgan fingerprint density at radius 1 is 1.12 bits per heavy atom. The number of nitrogens with one attached hydrogen (secondary N) is 2. The van der Waals surface area contributed by atoms with Gasteiger partial charge in [-0.05, 0) is 43.4 Å². The fourth-order valence-electron chi connectivity index (χ4n) is 2.05. The Labute approximate surface area is 155 Å². The molecule has 0 radical (unpaired) electrons. The fraction of sp³-hybridized carbons (Fsp3) is 0.222. The van der Waals surface area contributed by atoms with Gasteiger partial charge >= 0.3 is 0 Å². The molecular weight excluding hydrogens is 361 g/mol. The van der Waals surface area contributed by atoms with E-state index in [2.05, 4.69) is 10.9 Å². The molecule has 0 atom stereocenters. The second-order valence-corrected chi connectivity index (χ2v) is 5.93. The highest BCUT2D eigenvalue weighted by atomic mass is 35.5. The lowest BCUT2D eigenvalue weighted by atomic mass is 10.2. The number of carbonyl (C=O) groups is 2. The Bertz CT molecular complexity index is 756. The molecule has 0 fully saturated rings. The van der Waals surface area contributed by atoms with Crippen molar-refractivity contribution >= 4 is 23.4 Å². The minimum Gasteiger partial charge on any atom is -0.492 e. The lowest BCUT2D eigenvalue weighted by Gasteiger charge is -2.17. The molecule has 0 aromatic heterocycles. The summed E-state index contributed by atoms with van der Waals surface area (Å²) < 4.78 is 18.3. The summed E-state index contributed by atoms with van der Waals surface area (Å²) in [4.78, 5) is 25.5. The van der Waals surface area contributed by atoms with Crippen molar-refractivity contribution in [1.82, 2.24) is 15.8 Å². The molecule has 0 bridgehead atoms. The molecule has 0 unspecified atom stereocenters. The molecular formula is C18H19ClFN3O3. The number of benzene rings is 2. The van der Waals surface area contributed by atoms with Gasteiger partial charge in [-0.3, -0.25) is 25.3 Å². The Balaban J connectivity index is 1.67. The van der Waals surface area contributed by atoms with Crippen LogP contribution in [0.25, 0.3) is 0 Å². The molecule has 2 N–H and O–H groups in total. The van der Waals surface area contributed by atoms with Crippen LogP contribution in [0.4, 0.5) is 4.39 Å². The Kier molecular flexibility index (Phi) is 7.37. The summed E-state index contributed by atoms with van der Waals surface area (Å²) in [7, 11) is 1.74. The van der Waals surface area contributed by atoms with Crippen LogP contribution in [0.15, 0.2) is 48.5 Å². The molecule has 2 aromatic carbocycles. The van der Waals surface area contributed by atoms with Gasteiger partial charge in [0.15, 0.2) is 0 Å². The summed E-state index contributed by atoms with van der Waals surface area (Å²) in [5.41, 5.74) is 4.92. The first-order valence-electron chi connectivity index (χ1n) is 7.86. The lowest BCUT2D eigenvalue weighted by molar-refractivity contribution is -0.122. The summed E-state index contributed by atoms with van der Waals surface area (Å²) in [5.74, 6) is -0.651. The van der Waals surface area contributed by atoms with Crippen LogP contribution in [0.1, 0.15) is 10.4 Å². The van der Waals surface area contributed by atoms with Crippen LogP contribution in [-0.4, -0.2) is 43.5 Å². The highest BCUT2D eigenvalue weighted by Gasteiger charge is 2.11. The molecule has 8 heteroatoms. The first kappa shape index (κ1) is 19.7. The maximum atomic E-state index is 12.8. The van der Waals surface area contributed by atoms with E-state index in [0.717, 1.165) is 0 Å². The molecule has 0 saturated carbocycles. The summed E-state index contributed by atoms with van der Waals surface area (Å²) in [5, 5.41) is 0.300. The van der Waals surface area contributed by atoms with E-state index in [1.54, 1.807) is 36.2 Å². The van der Waals surface area contributed by atoms with Gasteiger partial charge in [-0.1, -0.05) is 23.7 Å². The van der Waals surface area contributed by atoms with Crippen molar-refractivity contribution in [2.45, 2.75) is 0 Å². The monoisotopic (exact) mass is 379 g/mol. The Hall–Kier alpha value is -2.64. The summed E-state index contributed by atoms with van der Waals surface area (Å²) in [6.07, 6.45) is 0. The highest BCUT2D eigenvalue weighted by Crippen LogP contribution is 2.14. The maximum Gasteiger partial charge on any atom is 0.271 e. The molecule has 2 rings (SSSR count). The predicted octanol–water partition coefficient (Wildman–Crippen LogP) is 2.25. The number of ether oxygens (including phenoxy) is 1. The number of amides is 2. The third kappa shape index (κ3) is 6.34. The first-order chi connectivity index (χ1) is 12.5. The molecule has 6 nitrogen and oxygen atoms in total. The number of hydrogen-bond acceptors (Lipinski definition) is 4. The molecule has 0 heterocycles. The smallest absolute Gasteiger partial charge is 0.271 e. The van der Waals surface area contributed by atoms with Crippen LogP contribution in [-0.2, 0) is 4.79 Å². The molecule has 26 heavy (non-hydrogen) atoms. The molecule has 0 aliphatic rings. The van der Waals surface area contributed by atoms with Gasteiger partial charge < -0.3 is 4.74 Å². The lowest BCUT2D eigenvalue weighted by Crippen LogP contribution is -2.46. The van der Waals surface area contributed by atoms with E-state index in [-0.39, 0.29) is 23.8 Å². The van der Waals surface area contributed by atoms with Crippen molar-refractivity contribution in [2.75, 3.05) is 26.7 Å². The average molecular weight is 380 g/mol. The van der Waals surface area contributed by atoms with Gasteiger partial charge in [0, 0.05) is 6.54 Å². The van der Waals surface area contributed by atoms with E-state index in [1.165, 1.54) is 24.3 Å². The first-order valence-corrected chi connectivity index (χ1v) is 8.24. The molecule has 0 saturated heterocycles. The topological polar surface area (TPSA) is 70.7 Å². The zero-order chi connectivity index (χ0) is 18.9. The number of nitrogens with zero attached hydrogens (tertiary/aromatic N) is 1. The van der Waals surface area contributed by atoms with Crippen molar-refractivity contribution in [3.8, 4) is 5.75 Å². The summed E-state index contributed by atoms with van der Waals surface area (Å²) >= 11 is 5.92. The van der Waals surface area contributed by atoms with Crippen molar-refractivity contribution in [3.63, 3.8) is 0 Å². The van der Waals surface area contributed by atoms with Crippen molar-refractivity contribution in [1.29, 1.82) is 0 Å². The summed E-state index contributed by atoms with van der Waals surface area (Å²) in [6.45, 7) is 0.875. The normalized spacial score (nSPS) is 10.5. The second-order valence-electron chi connectivity index (χ2n) is 5.52. The van der Waals surface area contributed by atoms with Crippen LogP contribution in [0.3, 0.4) is 0 Å². The van der Waals surface area contributed by atoms with Gasteiger partial charge in [0.2, 0.25) is 0 Å². The molecule has 138 valence electrons. The van der Waals surface area contributed by atoms with Crippen LogP contribution >= 0.6 is 11.6 Å². The quantitative estimate of drug-likeness (QED) is 0.724. The predicted molar refractivity (Wildman–Crippen MR) is 96.5 cm³/mol. The number of likely N-dealkylation sites (N-methyl/N-ethyl adjacent to an activating group) is 1. The van der Waals surface area contributed by atoms with Crippen molar-refractivity contribution < 1.29 is 18.7 Å². The van der Waals surface area contributed by atoms with Gasteiger partial charge in [0.05, 0.1) is 17.1 Å². The van der Waals surface area contributed by atoms with Crippen LogP contribution in [0.5, 0.6) is 5.75 Å². The van der Waals surface area contributed by atoms with E-state index < -0.39 is 5.91 Å². The number of halogens is 2. The third-order valence-electron chi connectivity index (χ3n) is 3.40. The minimum absolute atomic E-state index is 0.0651. The Morgan fingerprint density at radius 2 is 1.81 bits per heavy atom. The molecule has 0 spiro atoms. The average Bonchev–Trinajstić information content (AvgIpc) is 2.62. The zero-order valence-electron chi connectivity index (χ0n) is 14.2. The van der Waals surface area contributed by atoms with Crippen molar-refractivity contribution in [2.24, 2.45) is 0 Å². The fourth-order valence-corrected chi connectivity index (χ4v) is 2.27. The number of hydrogen-bond donors (Lipinski definition) is 2. The number of rotatable bonds is 7. The van der Waals surface area contributed by atoms with E-state index in [0.29, 0.717) is 23.9 Å². The van der Waals surface area contributed by atoms with Crippen LogP contribution < -0.4 is 15.6 Å². The number of carbonyl (C=O) groups excluding carboxylic acids is 2. The van der Waals surface area contributed by atoms with Crippen LogP contribution in [0.2, 0.25) is 5.02 Å². The number of hydrazine groups is 1. The van der Waals surface area contributed by atoms with Gasteiger partial charge in [0.1, 0.15) is 18.2 Å². The highest BCUT2D eigenvalue weighted by molar-refractivity contribution is 6.33. The van der Waals surface area contributed by atoms with Crippen molar-refractivity contribution in [3.05, 3.63) is 64.9 Å². The van der Waals surface area contributed by atoms with Gasteiger partial charge in [0.25, 0.3) is 11.8 Å². The standard InChI is InChI=1S/C18H19ClFN3O3/c1-23(10-11-26-14-8-6-13(20)7-9-14)12-17(24)21-22-18(25)15-4-2-3-5-16(15)19/h2-9H,10-12H2,1H3,(H,21,24)(H,22,25). The van der Waals surface area contributed by atoms with Gasteiger partial charge in [-0.2, -0.15) is 0 Å². The van der Waals surface area contributed by atoms with E-state index >= 15 is 0 Å². The largest absolute Gasteiger partial charge is 0.492 e. The van der Waals surface area contributed by atoms with E-state index in [9.17, 15) is 14.0 Å². The Morgan fingerprint density at radius 3 is 2.50 bits per heavy atom. The zero-order valence-corrected chi connectivity index (χ0v) is 14.9. The van der Waals surface area contributed by atoms with Gasteiger partial charge in [-0.25, -0.2) is 4.39 Å². The third-order valence-corrected chi connectivity index (χ3v) is 3.73. The summed E-state index contributed by atoms with van der Waals surface area (Å²) in [6, 6.07) is 12.2. The molecule has 2 aromatic rings. The van der Waals surface area contributed by atoms with Crippen LogP contribution in [0, 0.1) is 5.82 Å². The molecule has 2 amide bonds. The van der Waals surface area contributed by atoms with E-state index in [1.807, 2.05) is 0 Å². The maximum absolute atomic E-state index is 12.8. The van der Waals surface area contributed by atoms with Gasteiger partial charge in [-0.15, -0.1) is 0 Å². The SMILES string of the molecule is CN(CCOc1ccc(F)cc1)CC(=O)NNC(=O)c1ccccc1Cl. The molecule has 0 aliphatic heterocycles. The van der Waals surface area contributed by atoms with E-state index in [4.69, 9.17) is 16.3 Å². The second kappa shape index (κ2) is 9.74.